The second-order valence-corrected chi connectivity index (χ2v) is 5.24. The van der Waals surface area contributed by atoms with Crippen LogP contribution in [0, 0.1) is 5.82 Å². The van der Waals surface area contributed by atoms with E-state index < -0.39 is 0 Å². The van der Waals surface area contributed by atoms with E-state index in [1.807, 2.05) is 43.3 Å². The van der Waals surface area contributed by atoms with Gasteiger partial charge >= 0.3 is 0 Å². The highest BCUT2D eigenvalue weighted by atomic mass is 19.1. The number of benzene rings is 2. The average molecular weight is 268 g/mol. The van der Waals surface area contributed by atoms with Crippen LogP contribution < -0.4 is 0 Å². The highest BCUT2D eigenvalue weighted by Gasteiger charge is 2.10. The van der Waals surface area contributed by atoms with E-state index in [-0.39, 0.29) is 5.82 Å². The van der Waals surface area contributed by atoms with Gasteiger partial charge in [0, 0.05) is 5.56 Å². The van der Waals surface area contributed by atoms with Crippen molar-refractivity contribution >= 4 is 5.57 Å². The van der Waals surface area contributed by atoms with Crippen LogP contribution in [0.25, 0.3) is 16.7 Å². The molecular formula is C19H21F. The second kappa shape index (κ2) is 6.51. The van der Waals surface area contributed by atoms with E-state index in [0.717, 1.165) is 41.5 Å². The summed E-state index contributed by atoms with van der Waals surface area (Å²) in [6, 6.07) is 13.4. The summed E-state index contributed by atoms with van der Waals surface area (Å²) < 4.78 is 14.4. The third-order valence-corrected chi connectivity index (χ3v) is 3.53. The van der Waals surface area contributed by atoms with E-state index in [1.54, 1.807) is 6.07 Å². The first-order chi connectivity index (χ1) is 9.63. The minimum Gasteiger partial charge on any atom is -0.206 e. The maximum absolute atomic E-state index is 14.4. The van der Waals surface area contributed by atoms with Crippen LogP contribution in [0.5, 0.6) is 0 Å². The fourth-order valence-corrected chi connectivity index (χ4v) is 2.40. The Balaban J connectivity index is 2.41. The summed E-state index contributed by atoms with van der Waals surface area (Å²) in [6.07, 6.45) is 3.17. The van der Waals surface area contributed by atoms with Crippen molar-refractivity contribution in [3.05, 3.63) is 66.0 Å². The number of allylic oxidation sites excluding steroid dienone is 1. The van der Waals surface area contributed by atoms with Crippen LogP contribution in [0.15, 0.2) is 49.0 Å². The molecule has 0 aliphatic rings. The maximum Gasteiger partial charge on any atom is 0.131 e. The van der Waals surface area contributed by atoms with E-state index in [9.17, 15) is 4.39 Å². The molecular weight excluding hydrogens is 247 g/mol. The second-order valence-electron chi connectivity index (χ2n) is 5.24. The van der Waals surface area contributed by atoms with E-state index in [2.05, 4.69) is 13.5 Å². The Morgan fingerprint density at radius 3 is 2.50 bits per heavy atom. The molecule has 0 aliphatic heterocycles. The zero-order chi connectivity index (χ0) is 14.5. The lowest BCUT2D eigenvalue weighted by atomic mass is 9.94. The summed E-state index contributed by atoms with van der Waals surface area (Å²) in [4.78, 5) is 0. The minimum atomic E-state index is -0.146. The van der Waals surface area contributed by atoms with Crippen molar-refractivity contribution < 1.29 is 4.39 Å². The Bertz CT molecular complexity index is 611. The molecule has 1 heteroatoms. The molecule has 20 heavy (non-hydrogen) atoms. The SMILES string of the molecule is C=C(C)c1ccccc1-c1ccc(CCCC)cc1F. The van der Waals surface area contributed by atoms with Gasteiger partial charge in [0.2, 0.25) is 0 Å². The van der Waals surface area contributed by atoms with Crippen LogP contribution >= 0.6 is 0 Å². The van der Waals surface area contributed by atoms with Crippen molar-refractivity contribution in [2.75, 3.05) is 0 Å². The summed E-state index contributed by atoms with van der Waals surface area (Å²) in [5, 5.41) is 0. The van der Waals surface area contributed by atoms with E-state index in [0.29, 0.717) is 5.56 Å². The van der Waals surface area contributed by atoms with Crippen LogP contribution in [0.4, 0.5) is 4.39 Å². The topological polar surface area (TPSA) is 0 Å². The Morgan fingerprint density at radius 1 is 1.10 bits per heavy atom. The molecule has 2 rings (SSSR count). The monoisotopic (exact) mass is 268 g/mol. The Hall–Kier alpha value is -1.89. The summed E-state index contributed by atoms with van der Waals surface area (Å²) in [6.45, 7) is 8.07. The van der Waals surface area contributed by atoms with Gasteiger partial charge in [0.15, 0.2) is 0 Å². The first-order valence-corrected chi connectivity index (χ1v) is 7.17. The van der Waals surface area contributed by atoms with Crippen LogP contribution in [-0.4, -0.2) is 0 Å². The predicted molar refractivity (Wildman–Crippen MR) is 85.2 cm³/mol. The normalized spacial score (nSPS) is 10.6. The largest absolute Gasteiger partial charge is 0.206 e. The van der Waals surface area contributed by atoms with Crippen molar-refractivity contribution in [1.29, 1.82) is 0 Å². The fraction of sp³-hybridized carbons (Fsp3) is 0.263. The average Bonchev–Trinajstić information content (AvgIpc) is 2.45. The van der Waals surface area contributed by atoms with Crippen LogP contribution in [-0.2, 0) is 6.42 Å². The van der Waals surface area contributed by atoms with Crippen molar-refractivity contribution in [3.8, 4) is 11.1 Å². The smallest absolute Gasteiger partial charge is 0.131 e. The van der Waals surface area contributed by atoms with Gasteiger partial charge < -0.3 is 0 Å². The predicted octanol–water partition coefficient (Wildman–Crippen LogP) is 5.87. The van der Waals surface area contributed by atoms with Crippen molar-refractivity contribution in [2.24, 2.45) is 0 Å². The Morgan fingerprint density at radius 2 is 1.85 bits per heavy atom. The number of hydrogen-bond acceptors (Lipinski definition) is 0. The van der Waals surface area contributed by atoms with Gasteiger partial charge in [0.25, 0.3) is 0 Å². The Kier molecular flexibility index (Phi) is 4.73. The molecule has 0 fully saturated rings. The third-order valence-electron chi connectivity index (χ3n) is 3.53. The molecule has 0 aromatic heterocycles. The summed E-state index contributed by atoms with van der Waals surface area (Å²) in [7, 11) is 0. The van der Waals surface area contributed by atoms with Crippen molar-refractivity contribution in [3.63, 3.8) is 0 Å². The molecule has 2 aromatic carbocycles. The number of rotatable bonds is 5. The van der Waals surface area contributed by atoms with Gasteiger partial charge in [-0.2, -0.15) is 0 Å². The standard InChI is InChI=1S/C19H21F/c1-4-5-8-15-11-12-18(19(20)13-15)17-10-7-6-9-16(17)14(2)3/h6-7,9-13H,2,4-5,8H2,1,3H3. The number of halogens is 1. The van der Waals surface area contributed by atoms with Gasteiger partial charge in [-0.3, -0.25) is 0 Å². The quantitative estimate of drug-likeness (QED) is 0.636. The van der Waals surface area contributed by atoms with Gasteiger partial charge in [-0.1, -0.05) is 61.9 Å². The molecule has 0 saturated carbocycles. The molecule has 2 aromatic rings. The lowest BCUT2D eigenvalue weighted by molar-refractivity contribution is 0.627. The maximum atomic E-state index is 14.4. The first kappa shape index (κ1) is 14.5. The number of hydrogen-bond donors (Lipinski definition) is 0. The highest BCUT2D eigenvalue weighted by molar-refractivity contribution is 5.80. The molecule has 0 saturated heterocycles. The summed E-state index contributed by atoms with van der Waals surface area (Å²) in [5.41, 5.74) is 4.60. The first-order valence-electron chi connectivity index (χ1n) is 7.17. The molecule has 0 unspecified atom stereocenters. The summed E-state index contributed by atoms with van der Waals surface area (Å²) >= 11 is 0. The van der Waals surface area contributed by atoms with Gasteiger partial charge in [-0.15, -0.1) is 0 Å². The molecule has 0 atom stereocenters. The van der Waals surface area contributed by atoms with Crippen molar-refractivity contribution in [2.45, 2.75) is 33.1 Å². The Labute approximate surface area is 121 Å². The number of aryl methyl sites for hydroxylation is 1. The molecule has 0 heterocycles. The fourth-order valence-electron chi connectivity index (χ4n) is 2.40. The van der Waals surface area contributed by atoms with Gasteiger partial charge in [-0.05, 0) is 42.5 Å². The number of unbranched alkanes of at least 4 members (excludes halogenated alkanes) is 1. The van der Waals surface area contributed by atoms with E-state index in [1.165, 1.54) is 0 Å². The molecule has 0 N–H and O–H groups in total. The lowest BCUT2D eigenvalue weighted by Crippen LogP contribution is -1.92. The molecule has 0 radical (unpaired) electrons. The molecule has 104 valence electrons. The van der Waals surface area contributed by atoms with Crippen LogP contribution in [0.1, 0.15) is 37.8 Å². The van der Waals surface area contributed by atoms with Gasteiger partial charge in [0.05, 0.1) is 0 Å². The highest BCUT2D eigenvalue weighted by Crippen LogP contribution is 2.30. The van der Waals surface area contributed by atoms with Gasteiger partial charge in [0.1, 0.15) is 5.82 Å². The molecule has 0 spiro atoms. The summed E-state index contributed by atoms with van der Waals surface area (Å²) in [5.74, 6) is -0.146. The third kappa shape index (κ3) is 3.16. The van der Waals surface area contributed by atoms with Crippen LogP contribution in [0.2, 0.25) is 0 Å². The van der Waals surface area contributed by atoms with E-state index >= 15 is 0 Å². The molecule has 0 bridgehead atoms. The van der Waals surface area contributed by atoms with Crippen LogP contribution in [0.3, 0.4) is 0 Å². The zero-order valence-corrected chi connectivity index (χ0v) is 12.2. The molecule has 0 aliphatic carbocycles. The van der Waals surface area contributed by atoms with Crippen molar-refractivity contribution in [1.82, 2.24) is 0 Å². The lowest BCUT2D eigenvalue weighted by Gasteiger charge is -2.11. The molecule has 0 nitrogen and oxygen atoms in total. The molecule has 0 amide bonds. The minimum absolute atomic E-state index is 0.146. The van der Waals surface area contributed by atoms with Gasteiger partial charge in [-0.25, -0.2) is 4.39 Å². The zero-order valence-electron chi connectivity index (χ0n) is 12.2. The van der Waals surface area contributed by atoms with E-state index in [4.69, 9.17) is 0 Å².